The Bertz CT molecular complexity index is 671. The van der Waals surface area contributed by atoms with Crippen LogP contribution in [0.2, 0.25) is 0 Å². The summed E-state index contributed by atoms with van der Waals surface area (Å²) in [6.07, 6.45) is 0. The van der Waals surface area contributed by atoms with Gasteiger partial charge in [-0.15, -0.1) is 0 Å². The van der Waals surface area contributed by atoms with E-state index < -0.39 is 10.8 Å². The number of para-hydroxylation sites is 1. The molecule has 0 saturated heterocycles. The van der Waals surface area contributed by atoms with Gasteiger partial charge in [-0.1, -0.05) is 40.2 Å². The molecule has 2 rings (SSSR count). The molecule has 6 heteroatoms. The molecule has 1 atom stereocenters. The molecule has 0 aromatic heterocycles. The van der Waals surface area contributed by atoms with Gasteiger partial charge in [0, 0.05) is 10.5 Å². The predicted octanol–water partition coefficient (Wildman–Crippen LogP) is 3.85. The van der Waals surface area contributed by atoms with Gasteiger partial charge in [0.05, 0.1) is 11.0 Å². The minimum absolute atomic E-state index is 0.0615. The molecule has 2 aromatic carbocycles. The van der Waals surface area contributed by atoms with Crippen LogP contribution in [0.4, 0.5) is 5.69 Å². The van der Waals surface area contributed by atoms with E-state index in [0.29, 0.717) is 0 Å². The van der Waals surface area contributed by atoms with Gasteiger partial charge >= 0.3 is 0 Å². The van der Waals surface area contributed by atoms with Gasteiger partial charge in [0.1, 0.15) is 5.56 Å². The van der Waals surface area contributed by atoms with Crippen molar-refractivity contribution in [3.63, 3.8) is 0 Å². The normalized spacial score (nSPS) is 11.7. The number of halogens is 1. The number of rotatable bonds is 4. The van der Waals surface area contributed by atoms with E-state index in [1.165, 1.54) is 18.2 Å². The van der Waals surface area contributed by atoms with Crippen LogP contribution in [0.5, 0.6) is 0 Å². The summed E-state index contributed by atoms with van der Waals surface area (Å²) in [5.74, 6) is -0.460. The molecule has 0 heterocycles. The first kappa shape index (κ1) is 15.2. The fraction of sp³-hybridized carbons (Fsp3) is 0.133. The number of carbonyl (C=O) groups is 1. The Morgan fingerprint density at radius 1 is 1.19 bits per heavy atom. The molecule has 21 heavy (non-hydrogen) atoms. The van der Waals surface area contributed by atoms with Crippen molar-refractivity contribution in [1.82, 2.24) is 5.32 Å². The average Bonchev–Trinajstić information content (AvgIpc) is 2.47. The molecule has 0 aliphatic carbocycles. The molecule has 0 unspecified atom stereocenters. The molecule has 2 aromatic rings. The Kier molecular flexibility index (Phi) is 4.70. The van der Waals surface area contributed by atoms with Crippen LogP contribution in [0.1, 0.15) is 28.9 Å². The number of carbonyl (C=O) groups excluding carboxylic acids is 1. The number of nitrogens with one attached hydrogen (secondary N) is 1. The number of nitro benzene ring substituents is 1. The van der Waals surface area contributed by atoms with E-state index >= 15 is 0 Å². The second kappa shape index (κ2) is 6.49. The highest BCUT2D eigenvalue weighted by molar-refractivity contribution is 9.10. The number of hydrogen-bond donors (Lipinski definition) is 1. The zero-order valence-electron chi connectivity index (χ0n) is 11.2. The second-order valence-corrected chi connectivity index (χ2v) is 5.44. The molecule has 0 aliphatic heterocycles. The highest BCUT2D eigenvalue weighted by Gasteiger charge is 2.20. The summed E-state index contributed by atoms with van der Waals surface area (Å²) in [6.45, 7) is 1.83. The highest BCUT2D eigenvalue weighted by atomic mass is 79.9. The molecule has 0 spiro atoms. The molecule has 1 amide bonds. The van der Waals surface area contributed by atoms with Crippen LogP contribution in [-0.4, -0.2) is 10.8 Å². The molecule has 0 aliphatic rings. The number of nitrogens with zero attached hydrogens (tertiary/aromatic N) is 1. The zero-order valence-corrected chi connectivity index (χ0v) is 12.8. The van der Waals surface area contributed by atoms with Crippen LogP contribution >= 0.6 is 15.9 Å². The van der Waals surface area contributed by atoms with Crippen molar-refractivity contribution < 1.29 is 9.72 Å². The van der Waals surface area contributed by atoms with Gasteiger partial charge in [-0.25, -0.2) is 0 Å². The molecule has 5 nitrogen and oxygen atoms in total. The van der Waals surface area contributed by atoms with E-state index in [0.717, 1.165) is 10.0 Å². The summed E-state index contributed by atoms with van der Waals surface area (Å²) in [5, 5.41) is 13.7. The van der Waals surface area contributed by atoms with Crippen LogP contribution in [0.25, 0.3) is 0 Å². The topological polar surface area (TPSA) is 72.2 Å². The maximum absolute atomic E-state index is 12.2. The van der Waals surface area contributed by atoms with Crippen molar-refractivity contribution in [2.75, 3.05) is 0 Å². The van der Waals surface area contributed by atoms with Gasteiger partial charge in [-0.2, -0.15) is 0 Å². The fourth-order valence-corrected chi connectivity index (χ4v) is 2.20. The molecule has 0 radical (unpaired) electrons. The lowest BCUT2D eigenvalue weighted by Crippen LogP contribution is -2.27. The minimum atomic E-state index is -0.556. The lowest BCUT2D eigenvalue weighted by Gasteiger charge is -2.14. The second-order valence-electron chi connectivity index (χ2n) is 4.52. The Morgan fingerprint density at radius 3 is 2.43 bits per heavy atom. The standard InChI is InChI=1S/C15H13BrN2O3/c1-10(11-6-8-12(16)9-7-11)17-15(19)13-4-2-3-5-14(13)18(20)21/h2-10H,1H3,(H,17,19)/t10-/m0/s1. The van der Waals surface area contributed by atoms with Crippen molar-refractivity contribution in [3.05, 3.63) is 74.2 Å². The van der Waals surface area contributed by atoms with E-state index in [1.807, 2.05) is 31.2 Å². The van der Waals surface area contributed by atoms with Gasteiger partial charge in [-0.05, 0) is 30.7 Å². The zero-order chi connectivity index (χ0) is 15.4. The van der Waals surface area contributed by atoms with Gasteiger partial charge in [0.2, 0.25) is 0 Å². The number of hydrogen-bond acceptors (Lipinski definition) is 3. The SMILES string of the molecule is C[C@H](NC(=O)c1ccccc1[N+](=O)[O-])c1ccc(Br)cc1. The molecular formula is C15H13BrN2O3. The summed E-state index contributed by atoms with van der Waals surface area (Å²) < 4.78 is 0.948. The van der Waals surface area contributed by atoms with E-state index in [9.17, 15) is 14.9 Å². The third-order valence-electron chi connectivity index (χ3n) is 3.06. The van der Waals surface area contributed by atoms with E-state index in [4.69, 9.17) is 0 Å². The Labute approximate surface area is 130 Å². The first-order chi connectivity index (χ1) is 9.99. The maximum atomic E-state index is 12.2. The van der Waals surface area contributed by atoms with Crippen LogP contribution in [0, 0.1) is 10.1 Å². The van der Waals surface area contributed by atoms with Crippen molar-refractivity contribution in [3.8, 4) is 0 Å². The molecule has 108 valence electrons. The quantitative estimate of drug-likeness (QED) is 0.673. The molecule has 0 fully saturated rings. The largest absolute Gasteiger partial charge is 0.345 e. The monoisotopic (exact) mass is 348 g/mol. The number of benzene rings is 2. The minimum Gasteiger partial charge on any atom is -0.345 e. The Hall–Kier alpha value is -2.21. The molecular weight excluding hydrogens is 336 g/mol. The lowest BCUT2D eigenvalue weighted by atomic mass is 10.1. The van der Waals surface area contributed by atoms with E-state index in [1.54, 1.807) is 6.07 Å². The summed E-state index contributed by atoms with van der Waals surface area (Å²) in [4.78, 5) is 22.6. The Balaban J connectivity index is 2.18. The van der Waals surface area contributed by atoms with E-state index in [-0.39, 0.29) is 17.3 Å². The summed E-state index contributed by atoms with van der Waals surface area (Å²) in [7, 11) is 0. The van der Waals surface area contributed by atoms with Crippen LogP contribution in [0.15, 0.2) is 53.0 Å². The maximum Gasteiger partial charge on any atom is 0.282 e. The van der Waals surface area contributed by atoms with Crippen molar-refractivity contribution >= 4 is 27.5 Å². The van der Waals surface area contributed by atoms with Gasteiger partial charge < -0.3 is 5.32 Å². The first-order valence-electron chi connectivity index (χ1n) is 6.29. The van der Waals surface area contributed by atoms with E-state index in [2.05, 4.69) is 21.2 Å². The molecule has 0 bridgehead atoms. The number of amides is 1. The van der Waals surface area contributed by atoms with Gasteiger partial charge in [0.15, 0.2) is 0 Å². The van der Waals surface area contributed by atoms with Crippen molar-refractivity contribution in [2.24, 2.45) is 0 Å². The highest BCUT2D eigenvalue weighted by Crippen LogP contribution is 2.20. The summed E-state index contributed by atoms with van der Waals surface area (Å²) >= 11 is 3.35. The fourth-order valence-electron chi connectivity index (χ4n) is 1.93. The predicted molar refractivity (Wildman–Crippen MR) is 83.1 cm³/mol. The van der Waals surface area contributed by atoms with Gasteiger partial charge in [-0.3, -0.25) is 14.9 Å². The third-order valence-corrected chi connectivity index (χ3v) is 3.59. The average molecular weight is 349 g/mol. The lowest BCUT2D eigenvalue weighted by molar-refractivity contribution is -0.385. The first-order valence-corrected chi connectivity index (χ1v) is 7.08. The van der Waals surface area contributed by atoms with Crippen LogP contribution < -0.4 is 5.32 Å². The Morgan fingerprint density at radius 2 is 1.81 bits per heavy atom. The summed E-state index contributed by atoms with van der Waals surface area (Å²) in [5.41, 5.74) is 0.787. The van der Waals surface area contributed by atoms with Gasteiger partial charge in [0.25, 0.3) is 11.6 Å². The summed E-state index contributed by atoms with van der Waals surface area (Å²) in [6, 6.07) is 13.2. The van der Waals surface area contributed by atoms with Crippen LogP contribution in [-0.2, 0) is 0 Å². The van der Waals surface area contributed by atoms with Crippen molar-refractivity contribution in [2.45, 2.75) is 13.0 Å². The smallest absolute Gasteiger partial charge is 0.282 e. The van der Waals surface area contributed by atoms with Crippen LogP contribution in [0.3, 0.4) is 0 Å². The third kappa shape index (κ3) is 3.66. The molecule has 1 N–H and O–H groups in total. The van der Waals surface area contributed by atoms with Crippen molar-refractivity contribution in [1.29, 1.82) is 0 Å². The number of nitro groups is 1. The molecule has 0 saturated carbocycles.